The van der Waals surface area contributed by atoms with Gasteiger partial charge in [-0.2, -0.15) is 0 Å². The number of aliphatic imine (C=N–C) groups is 1. The number of hydrogen-bond acceptors (Lipinski definition) is 3. The average Bonchev–Trinajstić information content (AvgIpc) is 2.55. The van der Waals surface area contributed by atoms with E-state index in [1.54, 1.807) is 6.34 Å². The van der Waals surface area contributed by atoms with Crippen LogP contribution in [0.3, 0.4) is 0 Å². The molecule has 0 bridgehead atoms. The SMILES string of the molecule is C=C1c2cc(Br)ccc2N=CN1C(C)C(=O)c1ccccc1. The molecular weight excluding hydrogens is 340 g/mol. The van der Waals surface area contributed by atoms with Crippen LogP contribution < -0.4 is 0 Å². The van der Waals surface area contributed by atoms with E-state index in [-0.39, 0.29) is 11.8 Å². The van der Waals surface area contributed by atoms with Crippen LogP contribution in [-0.4, -0.2) is 23.1 Å². The second-order valence-electron chi connectivity index (χ2n) is 5.17. The van der Waals surface area contributed by atoms with Crippen molar-refractivity contribution < 1.29 is 4.79 Å². The van der Waals surface area contributed by atoms with Crippen LogP contribution in [0.2, 0.25) is 0 Å². The lowest BCUT2D eigenvalue weighted by atomic mass is 10.0. The maximum absolute atomic E-state index is 12.6. The summed E-state index contributed by atoms with van der Waals surface area (Å²) >= 11 is 3.46. The zero-order valence-electron chi connectivity index (χ0n) is 12.2. The first-order chi connectivity index (χ1) is 10.6. The van der Waals surface area contributed by atoms with Crippen molar-refractivity contribution in [1.29, 1.82) is 0 Å². The molecule has 4 heteroatoms. The Hall–Kier alpha value is -2.20. The van der Waals surface area contributed by atoms with Gasteiger partial charge in [-0.1, -0.05) is 52.8 Å². The minimum Gasteiger partial charge on any atom is -0.322 e. The molecule has 2 aromatic carbocycles. The maximum atomic E-state index is 12.6. The fourth-order valence-electron chi connectivity index (χ4n) is 2.49. The van der Waals surface area contributed by atoms with E-state index < -0.39 is 0 Å². The molecule has 0 saturated heterocycles. The van der Waals surface area contributed by atoms with Crippen LogP contribution in [0.5, 0.6) is 0 Å². The van der Waals surface area contributed by atoms with Gasteiger partial charge in [0.1, 0.15) is 0 Å². The number of carbonyl (C=O) groups is 1. The summed E-state index contributed by atoms with van der Waals surface area (Å²) < 4.78 is 0.964. The van der Waals surface area contributed by atoms with Crippen LogP contribution in [0.4, 0.5) is 5.69 Å². The van der Waals surface area contributed by atoms with Gasteiger partial charge < -0.3 is 4.90 Å². The van der Waals surface area contributed by atoms with Crippen molar-refractivity contribution >= 4 is 39.4 Å². The molecule has 0 fully saturated rings. The monoisotopic (exact) mass is 354 g/mol. The van der Waals surface area contributed by atoms with Gasteiger partial charge in [0, 0.05) is 21.3 Å². The van der Waals surface area contributed by atoms with Gasteiger partial charge in [0.2, 0.25) is 0 Å². The first-order valence-corrected chi connectivity index (χ1v) is 7.78. The summed E-state index contributed by atoms with van der Waals surface area (Å²) in [5.74, 6) is 0.0478. The second kappa shape index (κ2) is 5.89. The Morgan fingerprint density at radius 3 is 2.68 bits per heavy atom. The number of halogens is 1. The van der Waals surface area contributed by atoms with Gasteiger partial charge in [-0.15, -0.1) is 0 Å². The molecule has 0 N–H and O–H groups in total. The van der Waals surface area contributed by atoms with Crippen molar-refractivity contribution in [1.82, 2.24) is 4.90 Å². The van der Waals surface area contributed by atoms with Crippen molar-refractivity contribution in [2.45, 2.75) is 13.0 Å². The van der Waals surface area contributed by atoms with Gasteiger partial charge in [-0.05, 0) is 25.1 Å². The summed E-state index contributed by atoms with van der Waals surface area (Å²) in [5.41, 5.74) is 3.27. The first kappa shape index (κ1) is 14.7. The molecule has 22 heavy (non-hydrogen) atoms. The lowest BCUT2D eigenvalue weighted by Crippen LogP contribution is -2.37. The number of carbonyl (C=O) groups excluding carboxylic acids is 1. The van der Waals surface area contributed by atoms with Crippen molar-refractivity contribution in [2.75, 3.05) is 0 Å². The minimum absolute atomic E-state index is 0.0478. The quantitative estimate of drug-likeness (QED) is 0.750. The standard InChI is InChI=1S/C18H15BrN2O/c1-12-16-10-15(19)8-9-17(16)20-11-21(12)13(2)18(22)14-6-4-3-5-7-14/h3-11,13H,1H2,2H3. The van der Waals surface area contributed by atoms with Crippen molar-refractivity contribution in [3.05, 3.63) is 70.7 Å². The Morgan fingerprint density at radius 1 is 1.23 bits per heavy atom. The smallest absolute Gasteiger partial charge is 0.185 e. The topological polar surface area (TPSA) is 32.7 Å². The highest BCUT2D eigenvalue weighted by Crippen LogP contribution is 2.34. The number of Topliss-reactive ketones (excluding diaryl/α,β-unsaturated/α-hetero) is 1. The third kappa shape index (κ3) is 2.62. The van der Waals surface area contributed by atoms with E-state index in [1.807, 2.05) is 60.4 Å². The average molecular weight is 355 g/mol. The molecule has 3 rings (SSSR count). The predicted octanol–water partition coefficient (Wildman–Crippen LogP) is 4.67. The van der Waals surface area contributed by atoms with Crippen LogP contribution in [-0.2, 0) is 0 Å². The summed E-state index contributed by atoms with van der Waals surface area (Å²) in [4.78, 5) is 18.9. The molecule has 1 heterocycles. The van der Waals surface area contributed by atoms with E-state index in [9.17, 15) is 4.79 Å². The van der Waals surface area contributed by atoms with E-state index >= 15 is 0 Å². The molecule has 0 spiro atoms. The lowest BCUT2D eigenvalue weighted by molar-refractivity contribution is 0.0928. The zero-order valence-corrected chi connectivity index (χ0v) is 13.7. The Morgan fingerprint density at radius 2 is 1.95 bits per heavy atom. The van der Waals surface area contributed by atoms with Crippen molar-refractivity contribution in [3.63, 3.8) is 0 Å². The number of fused-ring (bicyclic) bond motifs is 1. The molecular formula is C18H15BrN2O. The predicted molar refractivity (Wildman–Crippen MR) is 93.4 cm³/mol. The van der Waals surface area contributed by atoms with Crippen molar-refractivity contribution in [3.8, 4) is 0 Å². The Balaban J connectivity index is 1.90. The normalized spacial score (nSPS) is 14.6. The minimum atomic E-state index is -0.356. The number of benzene rings is 2. The van der Waals surface area contributed by atoms with Crippen LogP contribution >= 0.6 is 15.9 Å². The van der Waals surface area contributed by atoms with E-state index in [2.05, 4.69) is 27.5 Å². The molecule has 1 aliphatic rings. The number of nitrogens with zero attached hydrogens (tertiary/aromatic N) is 2. The van der Waals surface area contributed by atoms with E-state index in [0.717, 1.165) is 21.4 Å². The summed E-state index contributed by atoms with van der Waals surface area (Å²) in [6, 6.07) is 14.8. The van der Waals surface area contributed by atoms with Gasteiger partial charge in [-0.3, -0.25) is 4.79 Å². The molecule has 0 saturated carbocycles. The third-order valence-corrected chi connectivity index (χ3v) is 4.25. The number of rotatable bonds is 3. The van der Waals surface area contributed by atoms with Gasteiger partial charge in [0.25, 0.3) is 0 Å². The highest BCUT2D eigenvalue weighted by atomic mass is 79.9. The third-order valence-electron chi connectivity index (χ3n) is 3.76. The largest absolute Gasteiger partial charge is 0.322 e. The molecule has 0 radical (unpaired) electrons. The fraction of sp³-hybridized carbons (Fsp3) is 0.111. The Kier molecular flexibility index (Phi) is 3.94. The highest BCUT2D eigenvalue weighted by molar-refractivity contribution is 9.10. The van der Waals surface area contributed by atoms with Gasteiger partial charge in [0.05, 0.1) is 18.1 Å². The van der Waals surface area contributed by atoms with Gasteiger partial charge in [0.15, 0.2) is 5.78 Å². The molecule has 0 amide bonds. The molecule has 1 unspecified atom stereocenters. The summed E-state index contributed by atoms with van der Waals surface area (Å²) in [6.07, 6.45) is 1.68. The Labute approximate surface area is 138 Å². The zero-order chi connectivity index (χ0) is 15.7. The van der Waals surface area contributed by atoms with Crippen LogP contribution in [0.25, 0.3) is 5.70 Å². The fourth-order valence-corrected chi connectivity index (χ4v) is 2.85. The van der Waals surface area contributed by atoms with Crippen LogP contribution in [0.15, 0.2) is 64.6 Å². The molecule has 1 atom stereocenters. The lowest BCUT2D eigenvalue weighted by Gasteiger charge is -2.31. The molecule has 0 aliphatic carbocycles. The number of ketones is 1. The van der Waals surface area contributed by atoms with Crippen molar-refractivity contribution in [2.24, 2.45) is 4.99 Å². The molecule has 110 valence electrons. The van der Waals surface area contributed by atoms with E-state index in [4.69, 9.17) is 0 Å². The summed E-state index contributed by atoms with van der Waals surface area (Å²) in [7, 11) is 0. The summed E-state index contributed by atoms with van der Waals surface area (Å²) in [5, 5.41) is 0. The second-order valence-corrected chi connectivity index (χ2v) is 6.08. The number of hydrogen-bond donors (Lipinski definition) is 0. The first-order valence-electron chi connectivity index (χ1n) is 6.98. The molecule has 3 nitrogen and oxygen atoms in total. The molecule has 1 aliphatic heterocycles. The van der Waals surface area contributed by atoms with Crippen LogP contribution in [0.1, 0.15) is 22.8 Å². The molecule has 0 aromatic heterocycles. The van der Waals surface area contributed by atoms with Gasteiger partial charge in [-0.25, -0.2) is 4.99 Å². The maximum Gasteiger partial charge on any atom is 0.185 e. The summed E-state index contributed by atoms with van der Waals surface area (Å²) in [6.45, 7) is 6.01. The highest BCUT2D eigenvalue weighted by Gasteiger charge is 2.26. The Bertz CT molecular complexity index is 768. The molecule has 2 aromatic rings. The van der Waals surface area contributed by atoms with Crippen LogP contribution in [0, 0.1) is 0 Å². The van der Waals surface area contributed by atoms with E-state index in [0.29, 0.717) is 5.56 Å². The van der Waals surface area contributed by atoms with Gasteiger partial charge >= 0.3 is 0 Å². The van der Waals surface area contributed by atoms with E-state index in [1.165, 1.54) is 0 Å².